The van der Waals surface area contributed by atoms with E-state index in [1.807, 2.05) is 0 Å². The quantitative estimate of drug-likeness (QED) is 0.665. The van der Waals surface area contributed by atoms with Crippen molar-refractivity contribution >= 4 is 16.0 Å². The summed E-state index contributed by atoms with van der Waals surface area (Å²) in [6, 6.07) is 0. The number of hydrogen-bond acceptors (Lipinski definition) is 5. The molecule has 2 bridgehead atoms. The summed E-state index contributed by atoms with van der Waals surface area (Å²) in [6.07, 6.45) is 3.90. The first-order valence-electron chi connectivity index (χ1n) is 6.60. The highest BCUT2D eigenvalue weighted by Crippen LogP contribution is 2.70. The van der Waals surface area contributed by atoms with Crippen molar-refractivity contribution in [1.82, 2.24) is 9.21 Å². The summed E-state index contributed by atoms with van der Waals surface area (Å²) in [5.74, 6) is -0.0795. The van der Waals surface area contributed by atoms with Gasteiger partial charge in [0, 0.05) is 31.7 Å². The van der Waals surface area contributed by atoms with Gasteiger partial charge in [-0.25, -0.2) is 8.42 Å². The number of esters is 1. The van der Waals surface area contributed by atoms with Gasteiger partial charge in [0.15, 0.2) is 0 Å². The average Bonchev–Trinajstić information content (AvgIpc) is 2.24. The van der Waals surface area contributed by atoms with Crippen molar-refractivity contribution in [3.8, 4) is 0 Å². The second kappa shape index (κ2) is 3.93. The zero-order valence-electron chi connectivity index (χ0n) is 11.4. The van der Waals surface area contributed by atoms with Crippen LogP contribution in [-0.2, 0) is 19.6 Å². The monoisotopic (exact) mass is 288 g/mol. The Bertz CT molecular complexity index is 488. The molecule has 0 aromatic heterocycles. The molecule has 0 amide bonds. The summed E-state index contributed by atoms with van der Waals surface area (Å²) in [5, 5.41) is 0. The molecule has 0 aromatic carbocycles. The van der Waals surface area contributed by atoms with Gasteiger partial charge in [-0.15, -0.1) is 0 Å². The predicted octanol–water partition coefficient (Wildman–Crippen LogP) is -0.341. The van der Waals surface area contributed by atoms with Crippen molar-refractivity contribution in [3.63, 3.8) is 0 Å². The first kappa shape index (κ1) is 13.3. The second-order valence-electron chi connectivity index (χ2n) is 6.18. The molecule has 0 atom stereocenters. The van der Waals surface area contributed by atoms with Crippen LogP contribution in [-0.4, -0.2) is 68.7 Å². The lowest BCUT2D eigenvalue weighted by Crippen LogP contribution is -2.78. The molecule has 0 aromatic rings. The van der Waals surface area contributed by atoms with Gasteiger partial charge < -0.3 is 4.74 Å². The van der Waals surface area contributed by atoms with E-state index in [1.54, 1.807) is 0 Å². The Morgan fingerprint density at radius 1 is 1.11 bits per heavy atom. The Morgan fingerprint density at radius 2 is 1.63 bits per heavy atom. The Hall–Kier alpha value is -0.660. The van der Waals surface area contributed by atoms with E-state index < -0.39 is 10.0 Å². The molecule has 3 saturated carbocycles. The summed E-state index contributed by atoms with van der Waals surface area (Å²) in [7, 11) is -1.62. The van der Waals surface area contributed by atoms with E-state index in [9.17, 15) is 13.2 Å². The molecule has 7 heteroatoms. The third-order valence-corrected chi connectivity index (χ3v) is 6.30. The van der Waals surface area contributed by atoms with Crippen molar-refractivity contribution in [3.05, 3.63) is 0 Å². The number of carbonyl (C=O) groups is 1. The average molecular weight is 288 g/mol. The summed E-state index contributed by atoms with van der Waals surface area (Å²) >= 11 is 0. The fourth-order valence-electron chi connectivity index (χ4n) is 4.00. The van der Waals surface area contributed by atoms with Crippen LogP contribution in [0.3, 0.4) is 0 Å². The third kappa shape index (κ3) is 1.82. The van der Waals surface area contributed by atoms with Crippen molar-refractivity contribution in [2.24, 2.45) is 5.41 Å². The molecule has 1 saturated heterocycles. The topological polar surface area (TPSA) is 66.9 Å². The van der Waals surface area contributed by atoms with E-state index in [4.69, 9.17) is 4.74 Å². The molecule has 0 N–H and O–H groups in total. The smallest absolute Gasteiger partial charge is 0.312 e. The fourth-order valence-corrected chi connectivity index (χ4v) is 4.82. The van der Waals surface area contributed by atoms with Gasteiger partial charge in [0.05, 0.1) is 18.8 Å². The normalized spacial score (nSPS) is 39.3. The predicted molar refractivity (Wildman–Crippen MR) is 69.0 cm³/mol. The fraction of sp³-hybridized carbons (Fsp3) is 0.917. The van der Waals surface area contributed by atoms with Crippen molar-refractivity contribution in [1.29, 1.82) is 0 Å². The van der Waals surface area contributed by atoms with Gasteiger partial charge in [0.2, 0.25) is 10.0 Å². The van der Waals surface area contributed by atoms with Crippen LogP contribution in [0.4, 0.5) is 0 Å². The second-order valence-corrected chi connectivity index (χ2v) is 8.16. The number of piperazine rings is 1. The zero-order chi connectivity index (χ0) is 13.9. The van der Waals surface area contributed by atoms with Gasteiger partial charge >= 0.3 is 5.97 Å². The van der Waals surface area contributed by atoms with Crippen LogP contribution in [0.5, 0.6) is 0 Å². The first-order valence-corrected chi connectivity index (χ1v) is 8.45. The summed E-state index contributed by atoms with van der Waals surface area (Å²) < 4.78 is 29.3. The lowest BCUT2D eigenvalue weighted by atomic mass is 9.38. The van der Waals surface area contributed by atoms with Gasteiger partial charge in [0.1, 0.15) is 0 Å². The Balaban J connectivity index is 1.57. The maximum atomic E-state index is 11.6. The minimum atomic E-state index is -3.07. The van der Waals surface area contributed by atoms with Gasteiger partial charge in [-0.1, -0.05) is 0 Å². The summed E-state index contributed by atoms with van der Waals surface area (Å²) in [6.45, 7) is 2.66. The lowest BCUT2D eigenvalue weighted by molar-refractivity contribution is -0.236. The zero-order valence-corrected chi connectivity index (χ0v) is 12.2. The van der Waals surface area contributed by atoms with Crippen molar-refractivity contribution < 1.29 is 17.9 Å². The number of hydrogen-bond donors (Lipinski definition) is 0. The lowest BCUT2D eigenvalue weighted by Gasteiger charge is -2.72. The van der Waals surface area contributed by atoms with Crippen molar-refractivity contribution in [2.45, 2.75) is 24.8 Å². The Kier molecular flexibility index (Phi) is 2.75. The van der Waals surface area contributed by atoms with Crippen LogP contribution in [0.2, 0.25) is 0 Å². The number of rotatable bonds is 3. The summed E-state index contributed by atoms with van der Waals surface area (Å²) in [5.41, 5.74) is -0.0689. The van der Waals surface area contributed by atoms with E-state index >= 15 is 0 Å². The molecule has 4 fully saturated rings. The molecular formula is C12H20N2O4S. The number of sulfonamides is 1. The first-order chi connectivity index (χ1) is 8.81. The molecule has 1 heterocycles. The summed E-state index contributed by atoms with van der Waals surface area (Å²) in [4.78, 5) is 14.0. The third-order valence-electron chi connectivity index (χ3n) is 5.00. The molecule has 0 radical (unpaired) electrons. The molecule has 4 aliphatic rings. The van der Waals surface area contributed by atoms with Gasteiger partial charge in [0.25, 0.3) is 0 Å². The molecule has 19 heavy (non-hydrogen) atoms. The van der Waals surface area contributed by atoms with E-state index in [-0.39, 0.29) is 16.9 Å². The standard InChI is InChI=1S/C12H20N2O4S/c1-18-10(15)11-7-12(8-11,9-11)13-3-5-14(6-4-13)19(2,16)17/h3-9H2,1-2H3. The van der Waals surface area contributed by atoms with Crippen LogP contribution < -0.4 is 0 Å². The van der Waals surface area contributed by atoms with Crippen LogP contribution in [0, 0.1) is 5.41 Å². The van der Waals surface area contributed by atoms with Crippen LogP contribution >= 0.6 is 0 Å². The van der Waals surface area contributed by atoms with Crippen LogP contribution in [0.25, 0.3) is 0 Å². The maximum Gasteiger partial charge on any atom is 0.312 e. The SMILES string of the molecule is COC(=O)C12CC(N3CCN(S(C)(=O)=O)CC3)(C1)C2. The molecule has 0 unspecified atom stereocenters. The maximum absolute atomic E-state index is 11.6. The molecule has 1 aliphatic heterocycles. The minimum absolute atomic E-state index is 0.0795. The van der Waals surface area contributed by atoms with Gasteiger partial charge in [-0.2, -0.15) is 4.31 Å². The largest absolute Gasteiger partial charge is 0.469 e. The van der Waals surface area contributed by atoms with E-state index in [0.717, 1.165) is 32.4 Å². The highest BCUT2D eigenvalue weighted by atomic mass is 32.2. The van der Waals surface area contributed by atoms with Gasteiger partial charge in [-0.05, 0) is 19.3 Å². The number of methoxy groups -OCH3 is 1. The Labute approximate surface area is 113 Å². The number of carbonyl (C=O) groups excluding carboxylic acids is 1. The highest BCUT2D eigenvalue weighted by Gasteiger charge is 2.74. The van der Waals surface area contributed by atoms with Crippen LogP contribution in [0.1, 0.15) is 19.3 Å². The molecular weight excluding hydrogens is 268 g/mol. The van der Waals surface area contributed by atoms with E-state index in [0.29, 0.717) is 13.1 Å². The highest BCUT2D eigenvalue weighted by molar-refractivity contribution is 7.88. The van der Waals surface area contributed by atoms with E-state index in [1.165, 1.54) is 17.7 Å². The Morgan fingerprint density at radius 3 is 2.05 bits per heavy atom. The molecule has 4 rings (SSSR count). The molecule has 0 spiro atoms. The van der Waals surface area contributed by atoms with E-state index in [2.05, 4.69) is 4.90 Å². The van der Waals surface area contributed by atoms with Crippen LogP contribution in [0.15, 0.2) is 0 Å². The molecule has 3 aliphatic carbocycles. The number of ether oxygens (including phenoxy) is 1. The minimum Gasteiger partial charge on any atom is -0.469 e. The van der Waals surface area contributed by atoms with Gasteiger partial charge in [-0.3, -0.25) is 9.69 Å². The van der Waals surface area contributed by atoms with Crippen molar-refractivity contribution in [2.75, 3.05) is 39.5 Å². The molecule has 108 valence electrons. The molecule has 6 nitrogen and oxygen atoms in total. The number of nitrogens with zero attached hydrogens (tertiary/aromatic N) is 2.